The van der Waals surface area contributed by atoms with Crippen LogP contribution in [0.2, 0.25) is 0 Å². The molecule has 0 bridgehead atoms. The minimum atomic E-state index is 0.682. The van der Waals surface area contributed by atoms with Crippen molar-refractivity contribution in [1.82, 2.24) is 24.9 Å². The Balaban J connectivity index is 0.000000124. The first-order valence-corrected chi connectivity index (χ1v) is 7.13. The summed E-state index contributed by atoms with van der Waals surface area (Å²) in [4.78, 5) is 16.2. The van der Waals surface area contributed by atoms with E-state index >= 15 is 0 Å². The summed E-state index contributed by atoms with van der Waals surface area (Å²) in [5.41, 5.74) is 3.92. The number of fused-ring (bicyclic) bond motifs is 1. The van der Waals surface area contributed by atoms with Gasteiger partial charge < -0.3 is 15.0 Å². The number of thiazole rings is 1. The van der Waals surface area contributed by atoms with Gasteiger partial charge >= 0.3 is 0 Å². The number of aromatic amines is 3. The van der Waals surface area contributed by atoms with E-state index < -0.39 is 0 Å². The molecule has 0 atom stereocenters. The molecule has 0 fully saturated rings. The molecule has 3 N–H and O–H groups in total. The topological polar surface area (TPSA) is 73.2 Å². The van der Waals surface area contributed by atoms with E-state index in [0.717, 1.165) is 11.0 Å². The van der Waals surface area contributed by atoms with Crippen molar-refractivity contribution < 1.29 is 0 Å². The van der Waals surface area contributed by atoms with Gasteiger partial charge in [0.25, 0.3) is 0 Å². The van der Waals surface area contributed by atoms with E-state index in [2.05, 4.69) is 24.9 Å². The van der Waals surface area contributed by atoms with Crippen LogP contribution in [0, 0.1) is 4.77 Å². The van der Waals surface area contributed by atoms with E-state index in [1.54, 1.807) is 41.8 Å². The number of rotatable bonds is 0. The summed E-state index contributed by atoms with van der Waals surface area (Å²) in [6.07, 6.45) is 6.85. The van der Waals surface area contributed by atoms with Crippen molar-refractivity contribution in [1.29, 1.82) is 0 Å². The minimum absolute atomic E-state index is 0.682. The summed E-state index contributed by atoms with van der Waals surface area (Å²) in [6.45, 7) is 0. The maximum atomic E-state index is 4.90. The third-order valence-electron chi connectivity index (χ3n) is 2.18. The average Bonchev–Trinajstić information content (AvgIpc) is 3.23. The molecule has 4 aromatic rings. The molecule has 5 nitrogen and oxygen atoms in total. The summed E-state index contributed by atoms with van der Waals surface area (Å²) in [6, 6.07) is 7.92. The van der Waals surface area contributed by atoms with Crippen LogP contribution in [0.3, 0.4) is 0 Å². The number of para-hydroxylation sites is 2. The average molecular weight is 303 g/mol. The van der Waals surface area contributed by atoms with Gasteiger partial charge in [-0.05, 0) is 24.4 Å². The normalized spacial score (nSPS) is 9.20. The Hall–Kier alpha value is -2.25. The van der Waals surface area contributed by atoms with E-state index in [1.165, 1.54) is 0 Å². The second-order valence-corrected chi connectivity index (χ2v) is 4.72. The maximum absolute atomic E-state index is 4.90. The second-order valence-electron chi connectivity index (χ2n) is 3.56. The Morgan fingerprint density at radius 1 is 1.00 bits per heavy atom. The van der Waals surface area contributed by atoms with Crippen LogP contribution in [0.15, 0.2) is 60.1 Å². The summed E-state index contributed by atoms with van der Waals surface area (Å²) in [5.74, 6) is 0. The predicted octanol–water partition coefficient (Wildman–Crippen LogP) is 3.78. The van der Waals surface area contributed by atoms with Crippen molar-refractivity contribution in [2.45, 2.75) is 0 Å². The van der Waals surface area contributed by atoms with E-state index in [9.17, 15) is 0 Å². The van der Waals surface area contributed by atoms with E-state index in [1.807, 2.05) is 29.6 Å². The van der Waals surface area contributed by atoms with Gasteiger partial charge in [0.2, 0.25) is 0 Å². The summed E-state index contributed by atoms with van der Waals surface area (Å²) in [5, 5.41) is 1.93. The smallest absolute Gasteiger partial charge is 0.175 e. The Morgan fingerprint density at radius 2 is 1.75 bits per heavy atom. The Bertz CT molecular complexity index is 644. The fourth-order valence-electron chi connectivity index (χ4n) is 1.37. The summed E-state index contributed by atoms with van der Waals surface area (Å²) >= 11 is 6.50. The molecule has 7 heteroatoms. The number of hydrogen-bond acceptors (Lipinski definition) is 4. The first-order valence-electron chi connectivity index (χ1n) is 5.78. The SMILES string of the molecule is S=c1[nH]c2ccccc2[nH]1.c1c[nH]cn1.c1cscn1. The van der Waals surface area contributed by atoms with Crippen LogP contribution in [0.4, 0.5) is 0 Å². The largest absolute Gasteiger partial charge is 0.351 e. The first kappa shape index (κ1) is 14.2. The number of nitrogens with one attached hydrogen (secondary N) is 3. The fraction of sp³-hybridized carbons (Fsp3) is 0. The molecule has 3 heterocycles. The molecule has 0 aliphatic carbocycles. The van der Waals surface area contributed by atoms with Crippen LogP contribution in [-0.2, 0) is 0 Å². The number of benzene rings is 1. The number of hydrogen-bond donors (Lipinski definition) is 3. The van der Waals surface area contributed by atoms with Crippen LogP contribution in [0.1, 0.15) is 0 Å². The zero-order valence-corrected chi connectivity index (χ0v) is 12.1. The number of aromatic nitrogens is 5. The molecule has 3 aromatic heterocycles. The third-order valence-corrected chi connectivity index (χ3v) is 2.90. The first-order chi connectivity index (χ1) is 9.86. The second kappa shape index (κ2) is 8.03. The molecule has 0 aliphatic heterocycles. The van der Waals surface area contributed by atoms with E-state index in [4.69, 9.17) is 12.2 Å². The van der Waals surface area contributed by atoms with Crippen LogP contribution < -0.4 is 0 Å². The minimum Gasteiger partial charge on any atom is -0.351 e. The molecule has 0 radical (unpaired) electrons. The van der Waals surface area contributed by atoms with Crippen LogP contribution in [0.5, 0.6) is 0 Å². The molecular formula is C13H13N5S2. The fourth-order valence-corrected chi connectivity index (χ4v) is 1.94. The van der Waals surface area contributed by atoms with Gasteiger partial charge in [-0.2, -0.15) is 0 Å². The zero-order chi connectivity index (χ0) is 14.0. The third kappa shape index (κ3) is 4.79. The van der Waals surface area contributed by atoms with Crippen molar-refractivity contribution >= 4 is 34.6 Å². The highest BCUT2D eigenvalue weighted by Crippen LogP contribution is 2.06. The number of imidazole rings is 2. The highest BCUT2D eigenvalue weighted by atomic mass is 32.1. The number of H-pyrrole nitrogens is 3. The molecule has 0 unspecified atom stereocenters. The Labute approximate surface area is 124 Å². The van der Waals surface area contributed by atoms with Gasteiger partial charge in [0, 0.05) is 24.0 Å². The van der Waals surface area contributed by atoms with Crippen LogP contribution >= 0.6 is 23.6 Å². The van der Waals surface area contributed by atoms with Crippen molar-refractivity contribution in [3.05, 3.63) is 64.8 Å². The summed E-state index contributed by atoms with van der Waals surface area (Å²) < 4.78 is 0.682. The summed E-state index contributed by atoms with van der Waals surface area (Å²) in [7, 11) is 0. The Morgan fingerprint density at radius 3 is 2.10 bits per heavy atom. The Kier molecular flexibility index (Phi) is 5.69. The lowest BCUT2D eigenvalue weighted by atomic mass is 10.3. The van der Waals surface area contributed by atoms with Gasteiger partial charge in [0.05, 0.1) is 22.9 Å². The van der Waals surface area contributed by atoms with Crippen LogP contribution in [0.25, 0.3) is 11.0 Å². The highest BCUT2D eigenvalue weighted by Gasteiger charge is 1.90. The molecule has 0 saturated carbocycles. The lowest BCUT2D eigenvalue weighted by Gasteiger charge is -1.82. The van der Waals surface area contributed by atoms with Crippen molar-refractivity contribution in [2.24, 2.45) is 0 Å². The molecule has 0 spiro atoms. The predicted molar refractivity (Wildman–Crippen MR) is 84.2 cm³/mol. The van der Waals surface area contributed by atoms with Crippen molar-refractivity contribution in [2.75, 3.05) is 0 Å². The van der Waals surface area contributed by atoms with Gasteiger partial charge in [-0.25, -0.2) is 4.98 Å². The van der Waals surface area contributed by atoms with E-state index in [0.29, 0.717) is 4.77 Å². The molecule has 20 heavy (non-hydrogen) atoms. The quantitative estimate of drug-likeness (QED) is 0.433. The van der Waals surface area contributed by atoms with Crippen molar-refractivity contribution in [3.63, 3.8) is 0 Å². The van der Waals surface area contributed by atoms with Crippen molar-refractivity contribution in [3.8, 4) is 0 Å². The van der Waals surface area contributed by atoms with E-state index in [-0.39, 0.29) is 0 Å². The molecule has 0 aliphatic rings. The van der Waals surface area contributed by atoms with Gasteiger partial charge in [0.15, 0.2) is 4.77 Å². The van der Waals surface area contributed by atoms with Crippen LogP contribution in [-0.4, -0.2) is 24.9 Å². The number of nitrogens with zero attached hydrogens (tertiary/aromatic N) is 2. The van der Waals surface area contributed by atoms with Gasteiger partial charge in [-0.3, -0.25) is 4.98 Å². The zero-order valence-electron chi connectivity index (χ0n) is 10.5. The molecule has 102 valence electrons. The monoisotopic (exact) mass is 303 g/mol. The molecular weight excluding hydrogens is 290 g/mol. The highest BCUT2D eigenvalue weighted by molar-refractivity contribution is 7.71. The van der Waals surface area contributed by atoms with Gasteiger partial charge in [-0.1, -0.05) is 12.1 Å². The van der Waals surface area contributed by atoms with Gasteiger partial charge in [0.1, 0.15) is 0 Å². The van der Waals surface area contributed by atoms with Gasteiger partial charge in [-0.15, -0.1) is 11.3 Å². The maximum Gasteiger partial charge on any atom is 0.175 e. The molecule has 4 rings (SSSR count). The lowest BCUT2D eigenvalue weighted by Crippen LogP contribution is -1.63. The standard InChI is InChI=1S/C7H6N2S.C3H4N2.C3H3NS/c10-7-8-5-3-1-2-4-6(5)9-7;2*1-2-5-3-4-1/h1-4H,(H2,8,9,10);1-3H,(H,4,5);1-3H. The molecule has 0 amide bonds. The molecule has 1 aromatic carbocycles. The lowest BCUT2D eigenvalue weighted by molar-refractivity contribution is 1.30. The molecule has 0 saturated heterocycles.